The Labute approximate surface area is 181 Å². The molecule has 0 unspecified atom stereocenters. The third-order valence-corrected chi connectivity index (χ3v) is 5.54. The SMILES string of the molecule is Cc1cccc(C)c1NC(=O)CN1CCN(Cc2ccc(C(N)=O)cc2[N+](=O)[O-])CC1. The molecule has 2 amide bonds. The van der Waals surface area contributed by atoms with Crippen LogP contribution in [0.5, 0.6) is 0 Å². The Hall–Kier alpha value is -3.30. The molecule has 9 nitrogen and oxygen atoms in total. The number of rotatable bonds is 7. The van der Waals surface area contributed by atoms with Gasteiger partial charge in [-0.15, -0.1) is 0 Å². The highest BCUT2D eigenvalue weighted by Crippen LogP contribution is 2.23. The molecule has 1 heterocycles. The number of piperazine rings is 1. The Morgan fingerprint density at radius 2 is 1.68 bits per heavy atom. The Morgan fingerprint density at radius 3 is 2.26 bits per heavy atom. The van der Waals surface area contributed by atoms with Crippen LogP contribution in [0, 0.1) is 24.0 Å². The number of amides is 2. The second-order valence-electron chi connectivity index (χ2n) is 7.83. The van der Waals surface area contributed by atoms with Crippen LogP contribution in [0.4, 0.5) is 11.4 Å². The predicted molar refractivity (Wildman–Crippen MR) is 118 cm³/mol. The smallest absolute Gasteiger partial charge is 0.274 e. The molecule has 1 aliphatic rings. The molecule has 9 heteroatoms. The monoisotopic (exact) mass is 425 g/mol. The van der Waals surface area contributed by atoms with Crippen molar-refractivity contribution < 1.29 is 14.5 Å². The summed E-state index contributed by atoms with van der Waals surface area (Å²) < 4.78 is 0. The van der Waals surface area contributed by atoms with Gasteiger partial charge in [0, 0.05) is 55.6 Å². The van der Waals surface area contributed by atoms with Crippen molar-refractivity contribution in [1.82, 2.24) is 9.80 Å². The lowest BCUT2D eigenvalue weighted by Crippen LogP contribution is -2.48. The highest BCUT2D eigenvalue weighted by molar-refractivity contribution is 5.94. The van der Waals surface area contributed by atoms with Crippen molar-refractivity contribution in [2.75, 3.05) is 38.0 Å². The van der Waals surface area contributed by atoms with Crippen molar-refractivity contribution in [2.45, 2.75) is 20.4 Å². The number of para-hydroxylation sites is 1. The average Bonchev–Trinajstić information content (AvgIpc) is 2.72. The number of nitrogens with one attached hydrogen (secondary N) is 1. The molecule has 1 saturated heterocycles. The maximum atomic E-state index is 12.5. The van der Waals surface area contributed by atoms with Crippen LogP contribution in [-0.2, 0) is 11.3 Å². The van der Waals surface area contributed by atoms with Crippen molar-refractivity contribution in [3.05, 3.63) is 68.8 Å². The molecule has 1 fully saturated rings. The molecular formula is C22H27N5O4. The van der Waals surface area contributed by atoms with E-state index in [2.05, 4.69) is 15.1 Å². The van der Waals surface area contributed by atoms with E-state index in [0.717, 1.165) is 16.8 Å². The van der Waals surface area contributed by atoms with E-state index in [-0.39, 0.29) is 17.2 Å². The summed E-state index contributed by atoms with van der Waals surface area (Å²) >= 11 is 0. The molecule has 2 aromatic carbocycles. The Morgan fingerprint density at radius 1 is 1.06 bits per heavy atom. The first kappa shape index (κ1) is 22.4. The molecule has 0 bridgehead atoms. The van der Waals surface area contributed by atoms with Crippen LogP contribution in [0.1, 0.15) is 27.0 Å². The van der Waals surface area contributed by atoms with Gasteiger partial charge in [-0.3, -0.25) is 29.5 Å². The summed E-state index contributed by atoms with van der Waals surface area (Å²) in [6.07, 6.45) is 0. The minimum Gasteiger partial charge on any atom is -0.366 e. The molecule has 0 saturated carbocycles. The van der Waals surface area contributed by atoms with Gasteiger partial charge in [0.25, 0.3) is 5.69 Å². The van der Waals surface area contributed by atoms with E-state index in [1.165, 1.54) is 12.1 Å². The van der Waals surface area contributed by atoms with Gasteiger partial charge in [-0.25, -0.2) is 0 Å². The van der Waals surface area contributed by atoms with E-state index in [9.17, 15) is 19.7 Å². The third-order valence-electron chi connectivity index (χ3n) is 5.54. The number of hydrogen-bond acceptors (Lipinski definition) is 6. The molecule has 0 radical (unpaired) electrons. The van der Waals surface area contributed by atoms with Crippen LogP contribution in [0.25, 0.3) is 0 Å². The molecule has 3 N–H and O–H groups in total. The molecule has 0 spiro atoms. The van der Waals surface area contributed by atoms with Crippen molar-refractivity contribution >= 4 is 23.2 Å². The van der Waals surface area contributed by atoms with Gasteiger partial charge in [0.15, 0.2) is 0 Å². The number of nitrogens with two attached hydrogens (primary N) is 1. The zero-order chi connectivity index (χ0) is 22.5. The fraction of sp³-hybridized carbons (Fsp3) is 0.364. The molecular weight excluding hydrogens is 398 g/mol. The van der Waals surface area contributed by atoms with Crippen LogP contribution in [0.3, 0.4) is 0 Å². The summed E-state index contributed by atoms with van der Waals surface area (Å²) in [6.45, 7) is 7.39. The summed E-state index contributed by atoms with van der Waals surface area (Å²) in [7, 11) is 0. The average molecular weight is 425 g/mol. The van der Waals surface area contributed by atoms with Gasteiger partial charge >= 0.3 is 0 Å². The molecule has 1 aliphatic heterocycles. The maximum Gasteiger partial charge on any atom is 0.274 e. The van der Waals surface area contributed by atoms with E-state index in [1.54, 1.807) is 6.07 Å². The van der Waals surface area contributed by atoms with E-state index >= 15 is 0 Å². The first-order chi connectivity index (χ1) is 14.7. The van der Waals surface area contributed by atoms with Crippen molar-refractivity contribution in [3.8, 4) is 0 Å². The highest BCUT2D eigenvalue weighted by Gasteiger charge is 2.23. The second kappa shape index (κ2) is 9.67. The van der Waals surface area contributed by atoms with Crippen LogP contribution < -0.4 is 11.1 Å². The van der Waals surface area contributed by atoms with Crippen LogP contribution in [0.2, 0.25) is 0 Å². The quantitative estimate of drug-likeness (QED) is 0.517. The fourth-order valence-electron chi connectivity index (χ4n) is 3.76. The van der Waals surface area contributed by atoms with Crippen LogP contribution >= 0.6 is 0 Å². The number of anilines is 1. The lowest BCUT2D eigenvalue weighted by Gasteiger charge is -2.34. The minimum absolute atomic E-state index is 0.0523. The zero-order valence-electron chi connectivity index (χ0n) is 17.8. The zero-order valence-corrected chi connectivity index (χ0v) is 17.8. The Balaban J connectivity index is 1.55. The van der Waals surface area contributed by atoms with Gasteiger partial charge < -0.3 is 11.1 Å². The van der Waals surface area contributed by atoms with E-state index in [0.29, 0.717) is 44.8 Å². The molecule has 31 heavy (non-hydrogen) atoms. The van der Waals surface area contributed by atoms with Gasteiger partial charge in [0.05, 0.1) is 11.5 Å². The third kappa shape index (κ3) is 5.65. The number of carbonyl (C=O) groups is 2. The molecule has 0 atom stereocenters. The predicted octanol–water partition coefficient (Wildman–Crippen LogP) is 2.07. The number of hydrogen-bond donors (Lipinski definition) is 2. The van der Waals surface area contributed by atoms with Gasteiger partial charge in [-0.05, 0) is 31.0 Å². The lowest BCUT2D eigenvalue weighted by atomic mass is 10.1. The van der Waals surface area contributed by atoms with Gasteiger partial charge in [-0.1, -0.05) is 24.3 Å². The lowest BCUT2D eigenvalue weighted by molar-refractivity contribution is -0.385. The summed E-state index contributed by atoms with van der Waals surface area (Å²) in [5, 5.41) is 14.4. The van der Waals surface area contributed by atoms with Crippen molar-refractivity contribution in [1.29, 1.82) is 0 Å². The summed E-state index contributed by atoms with van der Waals surface area (Å²) in [4.78, 5) is 38.9. The fourth-order valence-corrected chi connectivity index (χ4v) is 3.76. The number of carbonyl (C=O) groups excluding carboxylic acids is 2. The minimum atomic E-state index is -0.692. The van der Waals surface area contributed by atoms with Gasteiger partial charge in [0.1, 0.15) is 0 Å². The normalized spacial score (nSPS) is 14.9. The molecule has 164 valence electrons. The second-order valence-corrected chi connectivity index (χ2v) is 7.83. The van der Waals surface area contributed by atoms with Crippen LogP contribution in [-0.4, -0.2) is 59.3 Å². The van der Waals surface area contributed by atoms with Crippen LogP contribution in [0.15, 0.2) is 36.4 Å². The molecule has 2 aromatic rings. The first-order valence-electron chi connectivity index (χ1n) is 10.1. The molecule has 3 rings (SSSR count). The van der Waals surface area contributed by atoms with E-state index in [4.69, 9.17) is 5.73 Å². The van der Waals surface area contributed by atoms with E-state index in [1.807, 2.05) is 32.0 Å². The summed E-state index contributed by atoms with van der Waals surface area (Å²) in [6, 6.07) is 10.2. The van der Waals surface area contributed by atoms with E-state index < -0.39 is 10.8 Å². The largest absolute Gasteiger partial charge is 0.366 e. The van der Waals surface area contributed by atoms with Crippen molar-refractivity contribution in [2.24, 2.45) is 5.73 Å². The first-order valence-corrected chi connectivity index (χ1v) is 10.1. The van der Waals surface area contributed by atoms with Gasteiger partial charge in [0.2, 0.25) is 11.8 Å². The highest BCUT2D eigenvalue weighted by atomic mass is 16.6. The number of nitro groups is 1. The number of aryl methyl sites for hydroxylation is 2. The Bertz CT molecular complexity index is 979. The summed E-state index contributed by atoms with van der Waals surface area (Å²) in [5.74, 6) is -0.744. The van der Waals surface area contributed by atoms with Crippen molar-refractivity contribution in [3.63, 3.8) is 0 Å². The number of primary amides is 1. The topological polar surface area (TPSA) is 122 Å². The molecule has 0 aliphatic carbocycles. The molecule has 0 aromatic heterocycles. The number of nitrogens with zero attached hydrogens (tertiary/aromatic N) is 3. The number of nitro benzene ring substituents is 1. The number of benzene rings is 2. The maximum absolute atomic E-state index is 12.5. The summed E-state index contributed by atoms with van der Waals surface area (Å²) in [5.41, 5.74) is 8.70. The Kier molecular flexibility index (Phi) is 6.98. The van der Waals surface area contributed by atoms with Gasteiger partial charge in [-0.2, -0.15) is 0 Å². The standard InChI is InChI=1S/C22H27N5O4/c1-15-4-3-5-16(2)21(15)24-20(28)14-26-10-8-25(9-11-26)13-18-7-6-17(22(23)29)12-19(18)27(30)31/h3-7,12H,8-11,13-14H2,1-2H3,(H2,23,29)(H,24,28).